The van der Waals surface area contributed by atoms with Crippen LogP contribution in [-0.4, -0.2) is 59.5 Å². The van der Waals surface area contributed by atoms with E-state index >= 15 is 0 Å². The molecule has 0 aliphatic carbocycles. The molecule has 0 spiro atoms. The molecule has 0 bridgehead atoms. The number of pyridine rings is 1. The highest BCUT2D eigenvalue weighted by Crippen LogP contribution is 2.21. The summed E-state index contributed by atoms with van der Waals surface area (Å²) in [5.74, 6) is 0.313. The molecule has 2 aliphatic rings. The van der Waals surface area contributed by atoms with Gasteiger partial charge in [0, 0.05) is 57.1 Å². The maximum atomic E-state index is 12.4. The lowest BCUT2D eigenvalue weighted by molar-refractivity contribution is -0.133. The highest BCUT2D eigenvalue weighted by molar-refractivity contribution is 5.77. The van der Waals surface area contributed by atoms with Gasteiger partial charge in [-0.25, -0.2) is 0 Å². The first-order chi connectivity index (χ1) is 10.7. The van der Waals surface area contributed by atoms with E-state index in [-0.39, 0.29) is 0 Å². The van der Waals surface area contributed by atoms with Crippen LogP contribution in [-0.2, 0) is 4.79 Å². The van der Waals surface area contributed by atoms with Gasteiger partial charge in [-0.1, -0.05) is 6.07 Å². The summed E-state index contributed by atoms with van der Waals surface area (Å²) in [5, 5.41) is 3.41. The molecule has 0 radical (unpaired) electrons. The van der Waals surface area contributed by atoms with Crippen molar-refractivity contribution in [1.82, 2.24) is 20.1 Å². The van der Waals surface area contributed by atoms with E-state index in [1.807, 2.05) is 23.4 Å². The highest BCUT2D eigenvalue weighted by Gasteiger charge is 2.26. The highest BCUT2D eigenvalue weighted by atomic mass is 16.2. The second-order valence-electron chi connectivity index (χ2n) is 6.38. The largest absolute Gasteiger partial charge is 0.340 e. The van der Waals surface area contributed by atoms with Crippen molar-refractivity contribution in [3.05, 3.63) is 30.1 Å². The predicted octanol–water partition coefficient (Wildman–Crippen LogP) is 1.43. The van der Waals surface area contributed by atoms with Gasteiger partial charge >= 0.3 is 0 Å². The standard InChI is InChI=1S/C17H26N4O/c1-14(15-4-2-6-18-13-15)20-8-10-21(11-9-20)17(22)12-16-5-3-7-19-16/h2,4,6,13-14,16,19H,3,5,7-12H2,1H3. The van der Waals surface area contributed by atoms with Crippen LogP contribution in [0.15, 0.2) is 24.5 Å². The van der Waals surface area contributed by atoms with Crippen molar-refractivity contribution in [2.24, 2.45) is 0 Å². The molecular formula is C17H26N4O. The Hall–Kier alpha value is -1.46. The Morgan fingerprint density at radius 2 is 2.23 bits per heavy atom. The average Bonchev–Trinajstić information content (AvgIpc) is 3.08. The third-order valence-electron chi connectivity index (χ3n) is 4.96. The van der Waals surface area contributed by atoms with Gasteiger partial charge in [-0.3, -0.25) is 14.7 Å². The summed E-state index contributed by atoms with van der Waals surface area (Å²) < 4.78 is 0. The van der Waals surface area contributed by atoms with Crippen LogP contribution in [0.5, 0.6) is 0 Å². The van der Waals surface area contributed by atoms with Gasteiger partial charge in [0.2, 0.25) is 5.91 Å². The van der Waals surface area contributed by atoms with Crippen LogP contribution in [0.2, 0.25) is 0 Å². The molecule has 5 heteroatoms. The number of carbonyl (C=O) groups excluding carboxylic acids is 1. The lowest BCUT2D eigenvalue weighted by Gasteiger charge is -2.38. The number of nitrogens with zero attached hydrogens (tertiary/aromatic N) is 3. The van der Waals surface area contributed by atoms with Crippen LogP contribution in [0.1, 0.15) is 37.8 Å². The van der Waals surface area contributed by atoms with Crippen molar-refractivity contribution in [2.75, 3.05) is 32.7 Å². The molecule has 3 heterocycles. The van der Waals surface area contributed by atoms with E-state index in [0.717, 1.165) is 39.1 Å². The first kappa shape index (κ1) is 15.4. The summed E-state index contributed by atoms with van der Waals surface area (Å²) in [5.41, 5.74) is 1.25. The molecule has 2 fully saturated rings. The Bertz CT molecular complexity index is 479. The summed E-state index contributed by atoms with van der Waals surface area (Å²) >= 11 is 0. The average molecular weight is 302 g/mol. The van der Waals surface area contributed by atoms with Gasteiger partial charge in [-0.05, 0) is 37.9 Å². The molecule has 3 rings (SSSR count). The fourth-order valence-electron chi connectivity index (χ4n) is 3.46. The smallest absolute Gasteiger partial charge is 0.224 e. The Morgan fingerprint density at radius 1 is 1.41 bits per heavy atom. The molecule has 1 aromatic rings. The van der Waals surface area contributed by atoms with Crippen LogP contribution in [0.25, 0.3) is 0 Å². The number of nitrogens with one attached hydrogen (secondary N) is 1. The van der Waals surface area contributed by atoms with E-state index < -0.39 is 0 Å². The van der Waals surface area contributed by atoms with Crippen LogP contribution in [0, 0.1) is 0 Å². The summed E-state index contributed by atoms with van der Waals surface area (Å²) in [6.07, 6.45) is 6.76. The van der Waals surface area contributed by atoms with Gasteiger partial charge in [0.1, 0.15) is 0 Å². The summed E-state index contributed by atoms with van der Waals surface area (Å²) in [7, 11) is 0. The SMILES string of the molecule is CC(c1cccnc1)N1CCN(C(=O)CC2CCCN2)CC1. The van der Waals surface area contributed by atoms with E-state index in [1.165, 1.54) is 12.0 Å². The lowest BCUT2D eigenvalue weighted by Crippen LogP contribution is -2.50. The van der Waals surface area contributed by atoms with Crippen molar-refractivity contribution >= 4 is 5.91 Å². The van der Waals surface area contributed by atoms with Gasteiger partial charge in [0.25, 0.3) is 0 Å². The molecule has 1 amide bonds. The predicted molar refractivity (Wildman–Crippen MR) is 86.4 cm³/mol. The molecule has 2 atom stereocenters. The Balaban J connectivity index is 1.48. The van der Waals surface area contributed by atoms with Crippen molar-refractivity contribution in [2.45, 2.75) is 38.3 Å². The molecule has 2 saturated heterocycles. The third kappa shape index (κ3) is 3.65. The molecule has 120 valence electrons. The molecular weight excluding hydrogens is 276 g/mol. The minimum Gasteiger partial charge on any atom is -0.340 e. The number of hydrogen-bond donors (Lipinski definition) is 1. The molecule has 0 aromatic carbocycles. The summed E-state index contributed by atoms with van der Waals surface area (Å²) in [6, 6.07) is 4.88. The number of piperazine rings is 1. The Labute approximate surface area is 132 Å². The van der Waals surface area contributed by atoms with Crippen LogP contribution in [0.3, 0.4) is 0 Å². The molecule has 2 aliphatic heterocycles. The lowest BCUT2D eigenvalue weighted by atomic mass is 10.1. The quantitative estimate of drug-likeness (QED) is 0.914. The van der Waals surface area contributed by atoms with Crippen LogP contribution in [0.4, 0.5) is 0 Å². The second kappa shape index (κ2) is 7.20. The minimum atomic E-state index is 0.313. The maximum absolute atomic E-state index is 12.4. The minimum absolute atomic E-state index is 0.313. The zero-order valence-electron chi connectivity index (χ0n) is 13.4. The van der Waals surface area contributed by atoms with E-state index in [9.17, 15) is 4.79 Å². The molecule has 22 heavy (non-hydrogen) atoms. The molecule has 1 N–H and O–H groups in total. The first-order valence-electron chi connectivity index (χ1n) is 8.39. The van der Waals surface area contributed by atoms with Gasteiger partial charge in [0.15, 0.2) is 0 Å². The van der Waals surface area contributed by atoms with Crippen molar-refractivity contribution in [3.8, 4) is 0 Å². The second-order valence-corrected chi connectivity index (χ2v) is 6.38. The summed E-state index contributed by atoms with van der Waals surface area (Å²) in [4.78, 5) is 21.0. The fraction of sp³-hybridized carbons (Fsp3) is 0.647. The van der Waals surface area contributed by atoms with Crippen molar-refractivity contribution in [3.63, 3.8) is 0 Å². The van der Waals surface area contributed by atoms with Crippen molar-refractivity contribution in [1.29, 1.82) is 0 Å². The van der Waals surface area contributed by atoms with Crippen LogP contribution >= 0.6 is 0 Å². The molecule has 0 saturated carbocycles. The van der Waals surface area contributed by atoms with Gasteiger partial charge in [0.05, 0.1) is 0 Å². The molecule has 1 aromatic heterocycles. The fourth-order valence-corrected chi connectivity index (χ4v) is 3.46. The number of rotatable bonds is 4. The monoisotopic (exact) mass is 302 g/mol. The Kier molecular flexibility index (Phi) is 5.05. The normalized spacial score (nSPS) is 24.4. The first-order valence-corrected chi connectivity index (χ1v) is 8.39. The van der Waals surface area contributed by atoms with Crippen molar-refractivity contribution < 1.29 is 4.79 Å². The number of aromatic nitrogens is 1. The van der Waals surface area contributed by atoms with Gasteiger partial charge in [-0.2, -0.15) is 0 Å². The molecule has 2 unspecified atom stereocenters. The number of carbonyl (C=O) groups is 1. The van der Waals surface area contributed by atoms with E-state index in [2.05, 4.69) is 28.2 Å². The maximum Gasteiger partial charge on any atom is 0.224 e. The zero-order chi connectivity index (χ0) is 15.4. The van der Waals surface area contributed by atoms with E-state index in [4.69, 9.17) is 0 Å². The Morgan fingerprint density at radius 3 is 2.86 bits per heavy atom. The van der Waals surface area contributed by atoms with E-state index in [1.54, 1.807) is 0 Å². The number of hydrogen-bond acceptors (Lipinski definition) is 4. The zero-order valence-corrected chi connectivity index (χ0v) is 13.4. The van der Waals surface area contributed by atoms with E-state index in [0.29, 0.717) is 24.4 Å². The topological polar surface area (TPSA) is 48.5 Å². The van der Waals surface area contributed by atoms with Gasteiger partial charge in [-0.15, -0.1) is 0 Å². The van der Waals surface area contributed by atoms with Crippen LogP contribution < -0.4 is 5.32 Å². The van der Waals surface area contributed by atoms with Gasteiger partial charge < -0.3 is 10.2 Å². The molecule has 5 nitrogen and oxygen atoms in total. The third-order valence-corrected chi connectivity index (χ3v) is 4.96. The number of amides is 1. The summed E-state index contributed by atoms with van der Waals surface area (Å²) in [6.45, 7) is 6.86.